The number of hydrogen-bond donors (Lipinski definition) is 2. The summed E-state index contributed by atoms with van der Waals surface area (Å²) in [6, 6.07) is 0. The number of carbonyl (C=O) groups excluding carboxylic acids is 2. The van der Waals surface area contributed by atoms with Crippen molar-refractivity contribution in [1.82, 2.24) is 0 Å². The van der Waals surface area contributed by atoms with Gasteiger partial charge in [0.2, 0.25) is 23.4 Å². The molecule has 2 N–H and O–H groups in total. The molecule has 0 atom stereocenters. The normalized spacial score (nSPS) is 10.8. The highest BCUT2D eigenvalue weighted by molar-refractivity contribution is 6.08. The van der Waals surface area contributed by atoms with Gasteiger partial charge in [0.15, 0.2) is 46.5 Å². The molecule has 2 aromatic carbocycles. The van der Waals surface area contributed by atoms with E-state index in [1.807, 2.05) is 0 Å². The zero-order valence-corrected chi connectivity index (χ0v) is 13.3. The maximum atomic E-state index is 13.4. The summed E-state index contributed by atoms with van der Waals surface area (Å²) in [6.45, 7) is 0. The molecule has 0 aliphatic heterocycles. The quantitative estimate of drug-likeness (QED) is 0.330. The van der Waals surface area contributed by atoms with Gasteiger partial charge in [0.05, 0.1) is 0 Å². The molecule has 0 heterocycles. The van der Waals surface area contributed by atoms with Crippen molar-refractivity contribution in [3.05, 3.63) is 58.2 Å². The second-order valence-electron chi connectivity index (χ2n) is 5.16. The van der Waals surface area contributed by atoms with Crippen LogP contribution in [0.3, 0.4) is 0 Å². The Morgan fingerprint density at radius 3 is 0.897 bits per heavy atom. The van der Waals surface area contributed by atoms with Crippen LogP contribution in [0.5, 0.6) is 0 Å². The van der Waals surface area contributed by atoms with Crippen molar-refractivity contribution in [2.45, 2.75) is 6.42 Å². The van der Waals surface area contributed by atoms with Crippen LogP contribution in [0, 0.1) is 58.2 Å². The summed E-state index contributed by atoms with van der Waals surface area (Å²) in [5, 5.41) is 2.35. The number of nitrogens with one attached hydrogen (secondary N) is 2. The third-order valence-corrected chi connectivity index (χ3v) is 3.27. The first kappa shape index (κ1) is 22.0. The van der Waals surface area contributed by atoms with Gasteiger partial charge in [-0.25, -0.2) is 43.9 Å². The lowest BCUT2D eigenvalue weighted by Crippen LogP contribution is -2.24. The molecule has 0 unspecified atom stereocenters. The van der Waals surface area contributed by atoms with Crippen LogP contribution in [0.2, 0.25) is 0 Å². The molecule has 0 aromatic heterocycles. The minimum atomic E-state index is -2.53. The Hall–Kier alpha value is -3.32. The molecule has 0 fully saturated rings. The van der Waals surface area contributed by atoms with Gasteiger partial charge in [-0.2, -0.15) is 0 Å². The molecule has 14 heteroatoms. The minimum Gasteiger partial charge on any atom is -0.321 e. The molecule has 0 radical (unpaired) electrons. The van der Waals surface area contributed by atoms with E-state index >= 15 is 0 Å². The average Bonchev–Trinajstić information content (AvgIpc) is 2.68. The summed E-state index contributed by atoms with van der Waals surface area (Å²) in [5.74, 6) is -28.0. The molecule has 29 heavy (non-hydrogen) atoms. The summed E-state index contributed by atoms with van der Waals surface area (Å²) in [4.78, 5) is 23.1. The fourth-order valence-corrected chi connectivity index (χ4v) is 1.94. The van der Waals surface area contributed by atoms with E-state index in [2.05, 4.69) is 0 Å². The fourth-order valence-electron chi connectivity index (χ4n) is 1.94. The molecule has 2 rings (SSSR count). The zero-order chi connectivity index (χ0) is 22.2. The van der Waals surface area contributed by atoms with E-state index in [0.29, 0.717) is 0 Å². The first-order chi connectivity index (χ1) is 13.4. The smallest absolute Gasteiger partial charge is 0.233 e. The largest absolute Gasteiger partial charge is 0.321 e. The van der Waals surface area contributed by atoms with Gasteiger partial charge in [-0.1, -0.05) is 0 Å². The molecule has 0 spiro atoms. The third-order valence-electron chi connectivity index (χ3n) is 3.27. The standard InChI is InChI=1S/C15H4F10N2O2/c16-4-6(18)10(22)14(11(23)7(4)19)26-2(28)1-3(29)27-15-12(24)8(20)5(17)9(21)13(15)25/h1H2,(H,26,28)(H,27,29). The number of amides is 2. The summed E-state index contributed by atoms with van der Waals surface area (Å²) >= 11 is 0. The van der Waals surface area contributed by atoms with Gasteiger partial charge in [0.25, 0.3) is 0 Å². The number of halogens is 10. The molecule has 2 amide bonds. The minimum absolute atomic E-state index is 1.17. The van der Waals surface area contributed by atoms with E-state index in [9.17, 15) is 53.5 Å². The number of benzene rings is 2. The Labute approximate surface area is 153 Å². The lowest BCUT2D eigenvalue weighted by Gasteiger charge is -2.11. The monoisotopic (exact) mass is 434 g/mol. The first-order valence-electron chi connectivity index (χ1n) is 7.01. The maximum absolute atomic E-state index is 13.4. The van der Waals surface area contributed by atoms with Gasteiger partial charge >= 0.3 is 0 Å². The van der Waals surface area contributed by atoms with Crippen molar-refractivity contribution in [3.63, 3.8) is 0 Å². The van der Waals surface area contributed by atoms with Crippen LogP contribution in [0.25, 0.3) is 0 Å². The van der Waals surface area contributed by atoms with Gasteiger partial charge in [-0.05, 0) is 0 Å². The Kier molecular flexibility index (Phi) is 6.04. The van der Waals surface area contributed by atoms with Gasteiger partial charge in [0.1, 0.15) is 17.8 Å². The lowest BCUT2D eigenvalue weighted by atomic mass is 10.2. The van der Waals surface area contributed by atoms with E-state index in [0.717, 1.165) is 0 Å². The zero-order valence-electron chi connectivity index (χ0n) is 13.3. The Morgan fingerprint density at radius 2 is 0.655 bits per heavy atom. The van der Waals surface area contributed by atoms with Gasteiger partial charge in [-0.15, -0.1) is 0 Å². The summed E-state index contributed by atoms with van der Waals surface area (Å²) in [7, 11) is 0. The highest BCUT2D eigenvalue weighted by Crippen LogP contribution is 2.28. The van der Waals surface area contributed by atoms with Crippen molar-refractivity contribution < 1.29 is 53.5 Å². The second kappa shape index (κ2) is 7.97. The highest BCUT2D eigenvalue weighted by Gasteiger charge is 2.29. The van der Waals surface area contributed by atoms with Crippen LogP contribution in [0.4, 0.5) is 55.3 Å². The molecule has 0 aliphatic carbocycles. The van der Waals surface area contributed by atoms with Gasteiger partial charge in [-0.3, -0.25) is 9.59 Å². The molecular formula is C15H4F10N2O2. The molecule has 0 saturated carbocycles. The molecule has 156 valence electrons. The molecule has 0 bridgehead atoms. The fraction of sp³-hybridized carbons (Fsp3) is 0.0667. The van der Waals surface area contributed by atoms with Crippen LogP contribution in [-0.4, -0.2) is 11.8 Å². The average molecular weight is 434 g/mol. The third kappa shape index (κ3) is 3.95. The highest BCUT2D eigenvalue weighted by atomic mass is 19.2. The molecule has 0 saturated heterocycles. The van der Waals surface area contributed by atoms with Crippen molar-refractivity contribution in [3.8, 4) is 0 Å². The summed E-state index contributed by atoms with van der Waals surface area (Å²) < 4.78 is 132. The summed E-state index contributed by atoms with van der Waals surface area (Å²) in [6.07, 6.45) is -1.56. The van der Waals surface area contributed by atoms with E-state index in [4.69, 9.17) is 0 Å². The van der Waals surface area contributed by atoms with Crippen LogP contribution < -0.4 is 10.6 Å². The van der Waals surface area contributed by atoms with E-state index in [1.165, 1.54) is 10.6 Å². The maximum Gasteiger partial charge on any atom is 0.233 e. The Morgan fingerprint density at radius 1 is 0.448 bits per heavy atom. The van der Waals surface area contributed by atoms with E-state index in [1.54, 1.807) is 0 Å². The van der Waals surface area contributed by atoms with Crippen molar-refractivity contribution in [2.75, 3.05) is 10.6 Å². The number of carbonyl (C=O) groups is 2. The van der Waals surface area contributed by atoms with Crippen LogP contribution >= 0.6 is 0 Å². The van der Waals surface area contributed by atoms with E-state index in [-0.39, 0.29) is 0 Å². The number of rotatable bonds is 4. The van der Waals surface area contributed by atoms with Crippen LogP contribution in [-0.2, 0) is 9.59 Å². The van der Waals surface area contributed by atoms with Crippen molar-refractivity contribution in [1.29, 1.82) is 0 Å². The van der Waals surface area contributed by atoms with Crippen LogP contribution in [0.15, 0.2) is 0 Å². The van der Waals surface area contributed by atoms with Crippen LogP contribution in [0.1, 0.15) is 6.42 Å². The van der Waals surface area contributed by atoms with Gasteiger partial charge in [0, 0.05) is 0 Å². The molecule has 4 nitrogen and oxygen atoms in total. The Bertz CT molecular complexity index is 901. The predicted molar refractivity (Wildman–Crippen MR) is 74.3 cm³/mol. The molecule has 0 aliphatic rings. The Balaban J connectivity index is 2.21. The topological polar surface area (TPSA) is 58.2 Å². The molecule has 2 aromatic rings. The van der Waals surface area contributed by atoms with Gasteiger partial charge < -0.3 is 10.6 Å². The number of anilines is 2. The number of hydrogen-bond acceptors (Lipinski definition) is 2. The SMILES string of the molecule is O=C(CC(=O)Nc1c(F)c(F)c(F)c(F)c1F)Nc1c(F)c(F)c(F)c(F)c1F. The van der Waals surface area contributed by atoms with E-state index < -0.39 is 87.8 Å². The predicted octanol–water partition coefficient (Wildman–Crippen LogP) is 4.04. The van der Waals surface area contributed by atoms with Crippen molar-refractivity contribution in [2.24, 2.45) is 0 Å². The second-order valence-corrected chi connectivity index (χ2v) is 5.16. The molecular weight excluding hydrogens is 430 g/mol. The first-order valence-corrected chi connectivity index (χ1v) is 7.01. The van der Waals surface area contributed by atoms with Crippen molar-refractivity contribution >= 4 is 23.2 Å². The lowest BCUT2D eigenvalue weighted by molar-refractivity contribution is -0.123. The summed E-state index contributed by atoms with van der Waals surface area (Å²) in [5.41, 5.74) is -3.65.